The average molecular weight is 204 g/mol. The summed E-state index contributed by atoms with van der Waals surface area (Å²) in [7, 11) is 0. The molecule has 1 saturated carbocycles. The number of carbonyl (C=O) groups is 1. The molecule has 1 aliphatic rings. The number of amides is 1. The van der Waals surface area contributed by atoms with Crippen LogP contribution < -0.4 is 5.73 Å². The molecular formula is C10H12N4O. The average Bonchev–Trinajstić information content (AvgIpc) is 2.86. The van der Waals surface area contributed by atoms with Gasteiger partial charge < -0.3 is 5.73 Å². The van der Waals surface area contributed by atoms with Gasteiger partial charge in [0, 0.05) is 6.20 Å². The fourth-order valence-electron chi connectivity index (χ4n) is 1.69. The largest absolute Gasteiger partial charge is 0.366 e. The van der Waals surface area contributed by atoms with E-state index in [-0.39, 0.29) is 11.5 Å². The lowest BCUT2D eigenvalue weighted by Gasteiger charge is -2.16. The van der Waals surface area contributed by atoms with E-state index in [2.05, 4.69) is 11.2 Å². The zero-order valence-corrected chi connectivity index (χ0v) is 8.47. The molecule has 2 N–H and O–H groups in total. The van der Waals surface area contributed by atoms with E-state index in [1.165, 1.54) is 6.20 Å². The molecule has 0 radical (unpaired) electrons. The Morgan fingerprint density at radius 1 is 1.80 bits per heavy atom. The number of carbonyl (C=O) groups excluding carboxylic acids is 1. The summed E-state index contributed by atoms with van der Waals surface area (Å²) in [6.45, 7) is 1.94. The van der Waals surface area contributed by atoms with Crippen molar-refractivity contribution in [2.24, 2.45) is 11.1 Å². The van der Waals surface area contributed by atoms with Crippen molar-refractivity contribution in [3.05, 3.63) is 18.0 Å². The third kappa shape index (κ3) is 1.48. The van der Waals surface area contributed by atoms with Gasteiger partial charge >= 0.3 is 0 Å². The van der Waals surface area contributed by atoms with Crippen LogP contribution in [0.25, 0.3) is 0 Å². The minimum absolute atomic E-state index is 0.00407. The smallest absolute Gasteiger partial charge is 0.251 e. The van der Waals surface area contributed by atoms with Gasteiger partial charge in [-0.15, -0.1) is 0 Å². The SMILES string of the molecule is CC(n1cc(C(N)=O)cn1)C1(C#N)CC1. The molecule has 2 rings (SSSR count). The molecule has 1 fully saturated rings. The van der Waals surface area contributed by atoms with Crippen molar-refractivity contribution in [2.75, 3.05) is 0 Å². The lowest BCUT2D eigenvalue weighted by Crippen LogP contribution is -2.17. The maximum atomic E-state index is 10.9. The van der Waals surface area contributed by atoms with Gasteiger partial charge in [0.05, 0.1) is 29.3 Å². The first kappa shape index (κ1) is 9.71. The molecule has 0 saturated heterocycles. The number of aromatic nitrogens is 2. The molecule has 0 bridgehead atoms. The molecule has 1 atom stereocenters. The lowest BCUT2D eigenvalue weighted by atomic mass is 10.0. The molecule has 1 heterocycles. The van der Waals surface area contributed by atoms with E-state index in [9.17, 15) is 4.79 Å². The van der Waals surface area contributed by atoms with Crippen LogP contribution in [0.2, 0.25) is 0 Å². The Balaban J connectivity index is 2.24. The number of rotatable bonds is 3. The predicted molar refractivity (Wildman–Crippen MR) is 52.7 cm³/mol. The van der Waals surface area contributed by atoms with Crippen LogP contribution in [0.5, 0.6) is 0 Å². The summed E-state index contributed by atoms with van der Waals surface area (Å²) in [6.07, 6.45) is 4.84. The van der Waals surface area contributed by atoms with E-state index < -0.39 is 5.91 Å². The predicted octanol–water partition coefficient (Wildman–Crippen LogP) is 0.847. The maximum Gasteiger partial charge on any atom is 0.251 e. The Kier molecular flexibility index (Phi) is 2.00. The van der Waals surface area contributed by atoms with Gasteiger partial charge in [0.15, 0.2) is 0 Å². The van der Waals surface area contributed by atoms with Crippen molar-refractivity contribution in [3.63, 3.8) is 0 Å². The molecule has 1 unspecified atom stereocenters. The highest BCUT2D eigenvalue weighted by molar-refractivity contribution is 5.92. The number of hydrogen-bond acceptors (Lipinski definition) is 3. The fourth-order valence-corrected chi connectivity index (χ4v) is 1.69. The normalized spacial score (nSPS) is 19.2. The van der Waals surface area contributed by atoms with Gasteiger partial charge in [0.2, 0.25) is 0 Å². The Morgan fingerprint density at radius 3 is 2.87 bits per heavy atom. The van der Waals surface area contributed by atoms with Crippen molar-refractivity contribution in [3.8, 4) is 6.07 Å². The van der Waals surface area contributed by atoms with Crippen LogP contribution in [0.15, 0.2) is 12.4 Å². The Morgan fingerprint density at radius 2 is 2.47 bits per heavy atom. The molecule has 1 aromatic rings. The molecular weight excluding hydrogens is 192 g/mol. The molecule has 0 aliphatic heterocycles. The third-order valence-electron chi connectivity index (χ3n) is 3.09. The first-order valence-corrected chi connectivity index (χ1v) is 4.84. The highest BCUT2D eigenvalue weighted by atomic mass is 16.1. The van der Waals surface area contributed by atoms with Crippen molar-refractivity contribution >= 4 is 5.91 Å². The summed E-state index contributed by atoms with van der Waals surface area (Å²) < 4.78 is 1.65. The second kappa shape index (κ2) is 3.09. The standard InChI is InChI=1S/C10H12N4O/c1-7(10(6-11)2-3-10)14-5-8(4-13-14)9(12)15/h4-5,7H,2-3H2,1H3,(H2,12,15). The Labute approximate surface area is 87.5 Å². The number of nitriles is 1. The van der Waals surface area contributed by atoms with Crippen molar-refractivity contribution < 1.29 is 4.79 Å². The number of nitrogens with two attached hydrogens (primary N) is 1. The molecule has 1 amide bonds. The van der Waals surface area contributed by atoms with Crippen LogP contribution in [0.1, 0.15) is 36.2 Å². The quantitative estimate of drug-likeness (QED) is 0.791. The molecule has 5 nitrogen and oxygen atoms in total. The third-order valence-corrected chi connectivity index (χ3v) is 3.09. The number of nitrogens with zero attached hydrogens (tertiary/aromatic N) is 3. The van der Waals surface area contributed by atoms with E-state index in [4.69, 9.17) is 11.0 Å². The Hall–Kier alpha value is -1.83. The van der Waals surface area contributed by atoms with Crippen molar-refractivity contribution in [2.45, 2.75) is 25.8 Å². The summed E-state index contributed by atoms with van der Waals surface area (Å²) in [5.41, 5.74) is 5.22. The molecule has 5 heteroatoms. The van der Waals surface area contributed by atoms with Crippen LogP contribution in [0.4, 0.5) is 0 Å². The molecule has 1 aliphatic carbocycles. The summed E-state index contributed by atoms with van der Waals surface area (Å²) in [5, 5.41) is 13.1. The van der Waals surface area contributed by atoms with E-state index >= 15 is 0 Å². The highest BCUT2D eigenvalue weighted by Crippen LogP contribution is 2.53. The van der Waals surface area contributed by atoms with E-state index in [0.717, 1.165) is 12.8 Å². The minimum atomic E-state index is -0.491. The van der Waals surface area contributed by atoms with Gasteiger partial charge in [-0.2, -0.15) is 10.4 Å². The fraction of sp³-hybridized carbons (Fsp3) is 0.500. The monoisotopic (exact) mass is 204 g/mol. The lowest BCUT2D eigenvalue weighted by molar-refractivity contribution is 0.1000. The van der Waals surface area contributed by atoms with Gasteiger partial charge in [-0.05, 0) is 19.8 Å². The van der Waals surface area contributed by atoms with Crippen LogP contribution >= 0.6 is 0 Å². The summed E-state index contributed by atoms with van der Waals surface area (Å²) >= 11 is 0. The zero-order chi connectivity index (χ0) is 11.1. The minimum Gasteiger partial charge on any atom is -0.366 e. The van der Waals surface area contributed by atoms with Gasteiger partial charge in [-0.25, -0.2) is 0 Å². The molecule has 0 aromatic carbocycles. The van der Waals surface area contributed by atoms with E-state index in [1.807, 2.05) is 6.92 Å². The first-order chi connectivity index (χ1) is 7.09. The number of hydrogen-bond donors (Lipinski definition) is 1. The highest BCUT2D eigenvalue weighted by Gasteiger charge is 2.49. The van der Waals surface area contributed by atoms with Gasteiger partial charge in [0.25, 0.3) is 5.91 Å². The first-order valence-electron chi connectivity index (χ1n) is 4.84. The summed E-state index contributed by atoms with van der Waals surface area (Å²) in [5.74, 6) is -0.491. The van der Waals surface area contributed by atoms with Crippen molar-refractivity contribution in [1.29, 1.82) is 5.26 Å². The van der Waals surface area contributed by atoms with Gasteiger partial charge in [0.1, 0.15) is 0 Å². The van der Waals surface area contributed by atoms with Crippen LogP contribution in [0.3, 0.4) is 0 Å². The number of primary amides is 1. The van der Waals surface area contributed by atoms with Crippen molar-refractivity contribution in [1.82, 2.24) is 9.78 Å². The molecule has 15 heavy (non-hydrogen) atoms. The van der Waals surface area contributed by atoms with Gasteiger partial charge in [-0.3, -0.25) is 9.48 Å². The molecule has 78 valence electrons. The van der Waals surface area contributed by atoms with E-state index in [0.29, 0.717) is 5.56 Å². The van der Waals surface area contributed by atoms with Crippen LogP contribution in [-0.4, -0.2) is 15.7 Å². The topological polar surface area (TPSA) is 84.7 Å². The van der Waals surface area contributed by atoms with Crippen LogP contribution in [-0.2, 0) is 0 Å². The molecule has 0 spiro atoms. The van der Waals surface area contributed by atoms with E-state index in [1.54, 1.807) is 10.9 Å². The maximum absolute atomic E-state index is 10.9. The second-order valence-electron chi connectivity index (χ2n) is 4.02. The second-order valence-corrected chi connectivity index (χ2v) is 4.02. The zero-order valence-electron chi connectivity index (χ0n) is 8.47. The molecule has 1 aromatic heterocycles. The summed E-state index contributed by atoms with van der Waals surface area (Å²) in [6, 6.07) is 2.31. The summed E-state index contributed by atoms with van der Waals surface area (Å²) in [4.78, 5) is 10.9. The van der Waals surface area contributed by atoms with Crippen LogP contribution in [0, 0.1) is 16.7 Å². The Bertz CT molecular complexity index is 439. The van der Waals surface area contributed by atoms with Gasteiger partial charge in [-0.1, -0.05) is 0 Å².